The number of nitrogens with two attached hydrogens (primary N) is 1. The molecule has 2 aromatic rings. The van der Waals surface area contributed by atoms with Gasteiger partial charge in [0.25, 0.3) is 0 Å². The fraction of sp³-hybridized carbons (Fsp3) is 0.529. The number of hydrogen-bond donors (Lipinski definition) is 1. The van der Waals surface area contributed by atoms with Crippen molar-refractivity contribution in [2.75, 3.05) is 12.3 Å². The third-order valence-electron chi connectivity index (χ3n) is 4.29. The molecule has 2 N–H and O–H groups in total. The highest BCUT2D eigenvalue weighted by Gasteiger charge is 2.26. The molecule has 20 heavy (non-hydrogen) atoms. The van der Waals surface area contributed by atoms with Crippen LogP contribution in [-0.4, -0.2) is 16.9 Å². The molecule has 2 nitrogen and oxygen atoms in total. The first-order valence-corrected chi connectivity index (χ1v) is 8.65. The minimum absolute atomic E-state index is 0.538. The quantitative estimate of drug-likeness (QED) is 0.913. The van der Waals surface area contributed by atoms with Crippen molar-refractivity contribution in [3.63, 3.8) is 0 Å². The molecule has 3 heteroatoms. The van der Waals surface area contributed by atoms with E-state index in [1.54, 1.807) is 0 Å². The number of nitrogens with zero attached hydrogens (tertiary/aromatic N) is 1. The Labute approximate surface area is 125 Å². The zero-order chi connectivity index (χ0) is 14.1. The molecule has 1 aliphatic rings. The van der Waals surface area contributed by atoms with E-state index in [9.17, 15) is 0 Å². The summed E-state index contributed by atoms with van der Waals surface area (Å²) in [5, 5.41) is 2.91. The largest absolute Gasteiger partial charge is 0.335 e. The van der Waals surface area contributed by atoms with Crippen LogP contribution in [-0.2, 0) is 6.54 Å². The monoisotopic (exact) mass is 288 g/mol. The first kappa shape index (κ1) is 14.0. The molecule has 1 unspecified atom stereocenters. The van der Waals surface area contributed by atoms with Crippen LogP contribution in [0.2, 0.25) is 0 Å². The Balaban J connectivity index is 2.13. The molecule has 0 saturated heterocycles. The van der Waals surface area contributed by atoms with E-state index in [-0.39, 0.29) is 0 Å². The minimum atomic E-state index is 0.538. The van der Waals surface area contributed by atoms with E-state index in [0.717, 1.165) is 19.0 Å². The molecule has 2 heterocycles. The van der Waals surface area contributed by atoms with Crippen LogP contribution in [0.3, 0.4) is 0 Å². The lowest BCUT2D eigenvalue weighted by Crippen LogP contribution is -2.17. The van der Waals surface area contributed by atoms with E-state index >= 15 is 0 Å². The molecular formula is C17H24N2S. The lowest BCUT2D eigenvalue weighted by atomic mass is 9.96. The molecule has 0 bridgehead atoms. The topological polar surface area (TPSA) is 30.9 Å². The van der Waals surface area contributed by atoms with Crippen molar-refractivity contribution >= 4 is 22.7 Å². The average molecular weight is 288 g/mol. The van der Waals surface area contributed by atoms with Crippen molar-refractivity contribution in [1.82, 2.24) is 4.57 Å². The summed E-state index contributed by atoms with van der Waals surface area (Å²) in [6.45, 7) is 6.49. The number of rotatable bonds is 4. The zero-order valence-electron chi connectivity index (χ0n) is 12.4. The molecule has 1 aromatic heterocycles. The minimum Gasteiger partial charge on any atom is -0.335 e. The van der Waals surface area contributed by atoms with E-state index in [1.807, 2.05) is 11.8 Å². The van der Waals surface area contributed by atoms with E-state index in [0.29, 0.717) is 5.92 Å². The predicted molar refractivity (Wildman–Crippen MR) is 88.5 cm³/mol. The molecule has 0 fully saturated rings. The van der Waals surface area contributed by atoms with Gasteiger partial charge in [0.05, 0.1) is 5.03 Å². The maximum absolute atomic E-state index is 6.02. The third-order valence-corrected chi connectivity index (χ3v) is 5.44. The number of thioether (sulfide) groups is 1. The van der Waals surface area contributed by atoms with Crippen molar-refractivity contribution in [3.05, 3.63) is 29.8 Å². The maximum Gasteiger partial charge on any atom is 0.0795 e. The van der Waals surface area contributed by atoms with Crippen LogP contribution in [0, 0.1) is 5.92 Å². The first-order chi connectivity index (χ1) is 9.72. The molecule has 1 aliphatic heterocycles. The van der Waals surface area contributed by atoms with Gasteiger partial charge in [-0.15, -0.1) is 11.8 Å². The number of aryl methyl sites for hydroxylation is 1. The second-order valence-electron chi connectivity index (χ2n) is 6.14. The molecule has 0 amide bonds. The highest BCUT2D eigenvalue weighted by atomic mass is 32.2. The summed E-state index contributed by atoms with van der Waals surface area (Å²) >= 11 is 2.02. The molecule has 1 atom stereocenters. The van der Waals surface area contributed by atoms with Gasteiger partial charge in [-0.1, -0.05) is 32.0 Å². The van der Waals surface area contributed by atoms with Crippen LogP contribution in [0.4, 0.5) is 0 Å². The van der Waals surface area contributed by atoms with Gasteiger partial charge in [0.2, 0.25) is 0 Å². The fourth-order valence-electron chi connectivity index (χ4n) is 3.14. The van der Waals surface area contributed by atoms with Crippen LogP contribution >= 0.6 is 11.8 Å². The Bertz CT molecular complexity index is 600. The van der Waals surface area contributed by atoms with Gasteiger partial charge in [0, 0.05) is 29.1 Å². The number of fused-ring (bicyclic) bond motifs is 3. The second kappa shape index (κ2) is 5.82. The van der Waals surface area contributed by atoms with Crippen LogP contribution in [0.5, 0.6) is 0 Å². The van der Waals surface area contributed by atoms with Crippen LogP contribution in [0.1, 0.15) is 38.2 Å². The highest BCUT2D eigenvalue weighted by Crippen LogP contribution is 2.43. The van der Waals surface area contributed by atoms with E-state index in [2.05, 4.69) is 42.7 Å². The molecule has 1 aromatic carbocycles. The summed E-state index contributed by atoms with van der Waals surface area (Å²) in [6, 6.07) is 8.85. The van der Waals surface area contributed by atoms with Gasteiger partial charge < -0.3 is 10.3 Å². The molecule has 0 radical (unpaired) electrons. The van der Waals surface area contributed by atoms with Crippen molar-refractivity contribution in [2.45, 2.75) is 44.2 Å². The molecule has 108 valence electrons. The highest BCUT2D eigenvalue weighted by molar-refractivity contribution is 7.99. The summed E-state index contributed by atoms with van der Waals surface area (Å²) in [7, 11) is 0. The Morgan fingerprint density at radius 1 is 1.35 bits per heavy atom. The number of aromatic nitrogens is 1. The lowest BCUT2D eigenvalue weighted by molar-refractivity contribution is 0.502. The standard InChI is InChI=1S/C17H24N2S/c1-12(2)7-9-19-15-6-4-3-5-14(15)16-13(11-18)8-10-20-17(16)19/h3-6,12-13H,7-11,18H2,1-2H3. The molecular weight excluding hydrogens is 264 g/mol. The average Bonchev–Trinajstić information content (AvgIpc) is 2.79. The van der Waals surface area contributed by atoms with Gasteiger partial charge in [-0.25, -0.2) is 0 Å². The van der Waals surface area contributed by atoms with Crippen molar-refractivity contribution in [2.24, 2.45) is 11.7 Å². The van der Waals surface area contributed by atoms with E-state index in [4.69, 9.17) is 5.73 Å². The Kier molecular flexibility index (Phi) is 4.08. The molecule has 3 rings (SSSR count). The van der Waals surface area contributed by atoms with Crippen molar-refractivity contribution in [1.29, 1.82) is 0 Å². The number of hydrogen-bond acceptors (Lipinski definition) is 2. The number of para-hydroxylation sites is 1. The van der Waals surface area contributed by atoms with Gasteiger partial charge in [-0.05, 0) is 36.9 Å². The Morgan fingerprint density at radius 2 is 2.15 bits per heavy atom. The van der Waals surface area contributed by atoms with E-state index in [1.165, 1.54) is 40.1 Å². The van der Waals surface area contributed by atoms with Crippen molar-refractivity contribution in [3.8, 4) is 0 Å². The first-order valence-electron chi connectivity index (χ1n) is 7.66. The van der Waals surface area contributed by atoms with Gasteiger partial charge in [0.15, 0.2) is 0 Å². The summed E-state index contributed by atoms with van der Waals surface area (Å²) < 4.78 is 2.54. The van der Waals surface area contributed by atoms with Gasteiger partial charge in [-0.3, -0.25) is 0 Å². The summed E-state index contributed by atoms with van der Waals surface area (Å²) in [5.74, 6) is 2.48. The summed E-state index contributed by atoms with van der Waals surface area (Å²) in [5.41, 5.74) is 8.93. The summed E-state index contributed by atoms with van der Waals surface area (Å²) in [4.78, 5) is 0. The second-order valence-corrected chi connectivity index (χ2v) is 7.22. The smallest absolute Gasteiger partial charge is 0.0795 e. The van der Waals surface area contributed by atoms with Crippen LogP contribution in [0.15, 0.2) is 29.3 Å². The predicted octanol–water partition coefficient (Wildman–Crippen LogP) is 4.23. The Morgan fingerprint density at radius 3 is 2.90 bits per heavy atom. The zero-order valence-corrected chi connectivity index (χ0v) is 13.2. The molecule has 0 saturated carbocycles. The summed E-state index contributed by atoms with van der Waals surface area (Å²) in [6.07, 6.45) is 2.45. The molecule has 0 spiro atoms. The lowest BCUT2D eigenvalue weighted by Gasteiger charge is -2.23. The van der Waals surface area contributed by atoms with Gasteiger partial charge >= 0.3 is 0 Å². The third kappa shape index (κ3) is 2.38. The Hall–Kier alpha value is -0.930. The maximum atomic E-state index is 6.02. The van der Waals surface area contributed by atoms with Crippen molar-refractivity contribution < 1.29 is 0 Å². The van der Waals surface area contributed by atoms with E-state index < -0.39 is 0 Å². The fourth-order valence-corrected chi connectivity index (χ4v) is 4.52. The molecule has 0 aliphatic carbocycles. The van der Waals surface area contributed by atoms with Gasteiger partial charge in [0.1, 0.15) is 0 Å². The normalized spacial score (nSPS) is 18.7. The van der Waals surface area contributed by atoms with Crippen LogP contribution in [0.25, 0.3) is 10.9 Å². The SMILES string of the molecule is CC(C)CCn1c2c(c3ccccc31)C(CN)CCS2. The number of benzene rings is 1. The van der Waals surface area contributed by atoms with Crippen LogP contribution < -0.4 is 5.73 Å². The van der Waals surface area contributed by atoms with Gasteiger partial charge in [-0.2, -0.15) is 0 Å².